The number of rotatable bonds is 3. The maximum atomic E-state index is 12.0. The van der Waals surface area contributed by atoms with Crippen molar-refractivity contribution in [1.82, 2.24) is 14.9 Å². The van der Waals surface area contributed by atoms with Crippen LogP contribution in [0.4, 0.5) is 11.4 Å². The van der Waals surface area contributed by atoms with E-state index >= 15 is 0 Å². The van der Waals surface area contributed by atoms with Crippen LogP contribution in [0.5, 0.6) is 0 Å². The number of anilines is 2. The minimum absolute atomic E-state index is 0.0813. The van der Waals surface area contributed by atoms with Gasteiger partial charge in [-0.1, -0.05) is 6.08 Å². The van der Waals surface area contributed by atoms with E-state index in [0.29, 0.717) is 0 Å². The van der Waals surface area contributed by atoms with Gasteiger partial charge in [0.25, 0.3) is 0 Å². The molecule has 3 aromatic heterocycles. The molecule has 0 saturated carbocycles. The average molecular weight is 421 g/mol. The van der Waals surface area contributed by atoms with Gasteiger partial charge in [0.2, 0.25) is 5.91 Å². The van der Waals surface area contributed by atoms with Crippen molar-refractivity contribution in [2.75, 3.05) is 11.9 Å². The lowest BCUT2D eigenvalue weighted by molar-refractivity contribution is -0.129. The zero-order valence-electron chi connectivity index (χ0n) is 16.2. The van der Waals surface area contributed by atoms with Crippen molar-refractivity contribution in [1.29, 1.82) is 0 Å². The van der Waals surface area contributed by atoms with Gasteiger partial charge in [0.15, 0.2) is 0 Å². The Labute approximate surface area is 176 Å². The summed E-state index contributed by atoms with van der Waals surface area (Å²) < 4.78 is 1.18. The van der Waals surface area contributed by atoms with Crippen molar-refractivity contribution in [3.05, 3.63) is 53.0 Å². The summed E-state index contributed by atoms with van der Waals surface area (Å²) in [4.78, 5) is 25.1. The highest BCUT2D eigenvalue weighted by atomic mass is 32.1. The number of benzene rings is 1. The van der Waals surface area contributed by atoms with E-state index in [2.05, 4.69) is 52.5 Å². The third-order valence-corrected chi connectivity index (χ3v) is 7.29. The quantitative estimate of drug-likeness (QED) is 0.464. The molecular formula is C22H20N4OS2. The Hall–Kier alpha value is -2.77. The predicted molar refractivity (Wildman–Crippen MR) is 122 cm³/mol. The van der Waals surface area contributed by atoms with Gasteiger partial charge in [0.05, 0.1) is 27.5 Å². The molecule has 0 unspecified atom stereocenters. The molecule has 146 valence electrons. The standard InChI is InChI=1S/C22H20N4OS2/c1-13-16(4-3-9-26(13)14(2)27)21-11-17-18(7-8-23-22(17)29-21)25-15-5-6-20-19(10-15)24-12-28-20/h4-8,10-13H,3,9H2,1-2H3,(H,23,25)/t13-/m0/s1. The number of thiazole rings is 1. The molecule has 0 saturated heterocycles. The molecule has 4 aromatic rings. The molecular weight excluding hydrogens is 400 g/mol. The van der Waals surface area contributed by atoms with E-state index < -0.39 is 0 Å². The number of nitrogens with zero attached hydrogens (tertiary/aromatic N) is 3. The summed E-state index contributed by atoms with van der Waals surface area (Å²) in [6.07, 6.45) is 4.99. The van der Waals surface area contributed by atoms with Crippen LogP contribution in [0, 0.1) is 0 Å². The minimum atomic E-state index is 0.0813. The highest BCUT2D eigenvalue weighted by molar-refractivity contribution is 7.19. The van der Waals surface area contributed by atoms with E-state index in [1.807, 2.05) is 22.7 Å². The predicted octanol–water partition coefficient (Wildman–Crippen LogP) is 5.67. The summed E-state index contributed by atoms with van der Waals surface area (Å²) in [5.74, 6) is 0.127. The van der Waals surface area contributed by atoms with Gasteiger partial charge in [-0.15, -0.1) is 22.7 Å². The first kappa shape index (κ1) is 18.3. The third-order valence-electron chi connectivity index (χ3n) is 5.39. The zero-order chi connectivity index (χ0) is 20.0. The lowest BCUT2D eigenvalue weighted by Crippen LogP contribution is -2.40. The smallest absolute Gasteiger partial charge is 0.219 e. The maximum absolute atomic E-state index is 12.0. The zero-order valence-corrected chi connectivity index (χ0v) is 17.8. The molecule has 0 bridgehead atoms. The number of fused-ring (bicyclic) bond motifs is 2. The SMILES string of the molecule is CC(=O)N1CCC=C(c2cc3c(Nc4ccc5scnc5c4)ccnc3s2)[C@@H]1C. The first-order valence-electron chi connectivity index (χ1n) is 9.56. The molecule has 1 aromatic carbocycles. The monoisotopic (exact) mass is 420 g/mol. The van der Waals surface area contributed by atoms with Crippen LogP contribution in [0.1, 0.15) is 25.1 Å². The summed E-state index contributed by atoms with van der Waals surface area (Å²) in [6.45, 7) is 4.54. The van der Waals surface area contributed by atoms with E-state index in [1.165, 1.54) is 15.2 Å². The van der Waals surface area contributed by atoms with Gasteiger partial charge >= 0.3 is 0 Å². The largest absolute Gasteiger partial charge is 0.355 e. The van der Waals surface area contributed by atoms with Crippen molar-refractivity contribution in [2.45, 2.75) is 26.3 Å². The Morgan fingerprint density at radius 2 is 2.14 bits per heavy atom. The number of pyridine rings is 1. The molecule has 5 nitrogen and oxygen atoms in total. The van der Waals surface area contributed by atoms with Crippen LogP contribution in [0.2, 0.25) is 0 Å². The van der Waals surface area contributed by atoms with Crippen molar-refractivity contribution < 1.29 is 4.79 Å². The molecule has 1 aliphatic heterocycles. The van der Waals surface area contributed by atoms with Crippen LogP contribution in [0.25, 0.3) is 26.0 Å². The molecule has 0 fully saturated rings. The second kappa shape index (κ2) is 7.24. The Balaban J connectivity index is 1.51. The summed E-state index contributed by atoms with van der Waals surface area (Å²) in [5.41, 5.74) is 6.12. The fraction of sp³-hybridized carbons (Fsp3) is 0.227. The van der Waals surface area contributed by atoms with E-state index in [4.69, 9.17) is 0 Å². The molecule has 1 atom stereocenters. The van der Waals surface area contributed by atoms with E-state index in [9.17, 15) is 4.79 Å². The number of hydrogen-bond acceptors (Lipinski definition) is 6. The van der Waals surface area contributed by atoms with Gasteiger partial charge in [-0.25, -0.2) is 9.97 Å². The summed E-state index contributed by atoms with van der Waals surface area (Å²) >= 11 is 3.33. The fourth-order valence-corrected chi connectivity index (χ4v) is 5.72. The topological polar surface area (TPSA) is 58.1 Å². The molecule has 0 radical (unpaired) electrons. The van der Waals surface area contributed by atoms with Gasteiger partial charge in [0, 0.05) is 35.6 Å². The summed E-state index contributed by atoms with van der Waals surface area (Å²) in [6, 6.07) is 10.5. The van der Waals surface area contributed by atoms with Crippen LogP contribution in [-0.4, -0.2) is 33.4 Å². The number of thiophene rings is 1. The molecule has 29 heavy (non-hydrogen) atoms. The number of aromatic nitrogens is 2. The Kier molecular flexibility index (Phi) is 4.56. The summed E-state index contributed by atoms with van der Waals surface area (Å²) in [7, 11) is 0. The van der Waals surface area contributed by atoms with Crippen molar-refractivity contribution in [3.63, 3.8) is 0 Å². The van der Waals surface area contributed by atoms with Crippen LogP contribution in [-0.2, 0) is 4.79 Å². The lowest BCUT2D eigenvalue weighted by atomic mass is 9.99. The molecule has 7 heteroatoms. The van der Waals surface area contributed by atoms with Gasteiger partial charge in [-0.3, -0.25) is 4.79 Å². The lowest BCUT2D eigenvalue weighted by Gasteiger charge is -2.33. The van der Waals surface area contributed by atoms with Gasteiger partial charge in [-0.2, -0.15) is 0 Å². The normalized spacial score (nSPS) is 17.0. The van der Waals surface area contributed by atoms with Crippen LogP contribution >= 0.6 is 22.7 Å². The number of carbonyl (C=O) groups excluding carboxylic acids is 1. The third kappa shape index (κ3) is 3.30. The van der Waals surface area contributed by atoms with E-state index in [-0.39, 0.29) is 11.9 Å². The molecule has 1 aliphatic rings. The molecule has 1 amide bonds. The van der Waals surface area contributed by atoms with Crippen molar-refractivity contribution in [3.8, 4) is 0 Å². The van der Waals surface area contributed by atoms with Crippen LogP contribution in [0.3, 0.4) is 0 Å². The number of carbonyl (C=O) groups is 1. The Morgan fingerprint density at radius 1 is 1.24 bits per heavy atom. The second-order valence-electron chi connectivity index (χ2n) is 7.18. The van der Waals surface area contributed by atoms with Gasteiger partial charge in [0.1, 0.15) is 4.83 Å². The Bertz CT molecular complexity index is 1260. The first-order chi connectivity index (χ1) is 14.1. The highest BCUT2D eigenvalue weighted by Gasteiger charge is 2.25. The Morgan fingerprint density at radius 3 is 3.00 bits per heavy atom. The van der Waals surface area contributed by atoms with Crippen molar-refractivity contribution in [2.24, 2.45) is 0 Å². The minimum Gasteiger partial charge on any atom is -0.355 e. The average Bonchev–Trinajstić information content (AvgIpc) is 3.34. The molecule has 0 aliphatic carbocycles. The second-order valence-corrected chi connectivity index (χ2v) is 9.10. The molecule has 1 N–H and O–H groups in total. The maximum Gasteiger partial charge on any atom is 0.219 e. The molecule has 5 rings (SSSR count). The van der Waals surface area contributed by atoms with Crippen LogP contribution < -0.4 is 5.32 Å². The molecule has 4 heterocycles. The number of hydrogen-bond donors (Lipinski definition) is 1. The van der Waals surface area contributed by atoms with Crippen molar-refractivity contribution >= 4 is 66.0 Å². The highest BCUT2D eigenvalue weighted by Crippen LogP contribution is 2.38. The fourth-order valence-electron chi connectivity index (χ4n) is 3.91. The number of nitrogens with one attached hydrogen (secondary N) is 1. The molecule has 0 spiro atoms. The van der Waals surface area contributed by atoms with Gasteiger partial charge in [-0.05, 0) is 49.2 Å². The van der Waals surface area contributed by atoms with Crippen LogP contribution in [0.15, 0.2) is 48.1 Å². The number of amides is 1. The van der Waals surface area contributed by atoms with Gasteiger partial charge < -0.3 is 10.2 Å². The van der Waals surface area contributed by atoms with E-state index in [1.54, 1.807) is 29.6 Å². The summed E-state index contributed by atoms with van der Waals surface area (Å²) in [5, 5.41) is 4.63. The first-order valence-corrected chi connectivity index (χ1v) is 11.3. The van der Waals surface area contributed by atoms with E-state index in [0.717, 1.165) is 40.1 Å².